The van der Waals surface area contributed by atoms with E-state index in [4.69, 9.17) is 5.73 Å². The van der Waals surface area contributed by atoms with Crippen molar-refractivity contribution in [3.05, 3.63) is 47.9 Å². The summed E-state index contributed by atoms with van der Waals surface area (Å²) in [5.41, 5.74) is 7.67. The van der Waals surface area contributed by atoms with Crippen molar-refractivity contribution in [2.24, 2.45) is 5.73 Å². The molecule has 0 aliphatic carbocycles. The SMILES string of the molecule is CCc1ncnc(-n2c(CCN)nc3ccccc32)c1F. The first kappa shape index (κ1) is 13.6. The monoisotopic (exact) mass is 285 g/mol. The maximum atomic E-state index is 14.6. The first-order valence-corrected chi connectivity index (χ1v) is 6.92. The van der Waals surface area contributed by atoms with E-state index in [1.54, 1.807) is 4.57 Å². The van der Waals surface area contributed by atoms with Gasteiger partial charge in [-0.1, -0.05) is 19.1 Å². The molecule has 3 rings (SSSR count). The van der Waals surface area contributed by atoms with E-state index < -0.39 is 5.82 Å². The molecule has 6 heteroatoms. The van der Waals surface area contributed by atoms with Crippen molar-refractivity contribution < 1.29 is 4.39 Å². The van der Waals surface area contributed by atoms with E-state index in [9.17, 15) is 4.39 Å². The number of aryl methyl sites for hydroxylation is 1. The van der Waals surface area contributed by atoms with E-state index in [0.29, 0.717) is 30.9 Å². The minimum absolute atomic E-state index is 0.235. The van der Waals surface area contributed by atoms with E-state index >= 15 is 0 Å². The number of nitrogens with zero attached hydrogens (tertiary/aromatic N) is 4. The zero-order valence-electron chi connectivity index (χ0n) is 11.8. The van der Waals surface area contributed by atoms with Gasteiger partial charge in [0.15, 0.2) is 11.6 Å². The molecule has 0 radical (unpaired) electrons. The van der Waals surface area contributed by atoms with Crippen molar-refractivity contribution in [1.29, 1.82) is 0 Å². The van der Waals surface area contributed by atoms with Gasteiger partial charge in [0.1, 0.15) is 12.2 Å². The van der Waals surface area contributed by atoms with Crippen LogP contribution in [0.2, 0.25) is 0 Å². The second-order valence-corrected chi connectivity index (χ2v) is 4.70. The molecule has 0 amide bonds. The highest BCUT2D eigenvalue weighted by molar-refractivity contribution is 5.77. The van der Waals surface area contributed by atoms with E-state index in [1.165, 1.54) is 6.33 Å². The number of benzene rings is 1. The van der Waals surface area contributed by atoms with Gasteiger partial charge in [0.2, 0.25) is 0 Å². The summed E-state index contributed by atoms with van der Waals surface area (Å²) >= 11 is 0. The second kappa shape index (κ2) is 5.57. The highest BCUT2D eigenvalue weighted by atomic mass is 19.1. The molecule has 0 atom stereocenters. The van der Waals surface area contributed by atoms with Crippen LogP contribution in [0.1, 0.15) is 18.4 Å². The highest BCUT2D eigenvalue weighted by Gasteiger charge is 2.18. The Morgan fingerprint density at radius 2 is 2.05 bits per heavy atom. The van der Waals surface area contributed by atoms with Gasteiger partial charge in [-0.2, -0.15) is 0 Å². The molecule has 2 N–H and O–H groups in total. The third kappa shape index (κ3) is 2.27. The number of hydrogen-bond acceptors (Lipinski definition) is 4. The van der Waals surface area contributed by atoms with Crippen LogP contribution in [-0.4, -0.2) is 26.1 Å². The Bertz CT molecular complexity index is 781. The summed E-state index contributed by atoms with van der Waals surface area (Å²) in [6.07, 6.45) is 2.46. The summed E-state index contributed by atoms with van der Waals surface area (Å²) in [6, 6.07) is 7.59. The molecule has 108 valence electrons. The van der Waals surface area contributed by atoms with Crippen LogP contribution >= 0.6 is 0 Å². The molecule has 2 heterocycles. The van der Waals surface area contributed by atoms with Crippen molar-refractivity contribution >= 4 is 11.0 Å². The number of hydrogen-bond donors (Lipinski definition) is 1. The number of halogens is 1. The van der Waals surface area contributed by atoms with Crippen LogP contribution in [0.5, 0.6) is 0 Å². The van der Waals surface area contributed by atoms with Crippen LogP contribution in [0, 0.1) is 5.82 Å². The molecule has 0 saturated heterocycles. The van der Waals surface area contributed by atoms with E-state index in [1.807, 2.05) is 31.2 Å². The molecule has 0 fully saturated rings. The molecule has 1 aromatic carbocycles. The minimum atomic E-state index is -0.401. The third-order valence-electron chi connectivity index (χ3n) is 3.39. The third-order valence-corrected chi connectivity index (χ3v) is 3.39. The first-order chi connectivity index (χ1) is 10.3. The van der Waals surface area contributed by atoms with Crippen LogP contribution in [0.15, 0.2) is 30.6 Å². The molecule has 2 aromatic heterocycles. The Morgan fingerprint density at radius 1 is 1.24 bits per heavy atom. The van der Waals surface area contributed by atoms with Crippen LogP contribution < -0.4 is 5.73 Å². The van der Waals surface area contributed by atoms with E-state index in [-0.39, 0.29) is 5.82 Å². The Kier molecular flexibility index (Phi) is 3.62. The first-order valence-electron chi connectivity index (χ1n) is 6.92. The lowest BCUT2D eigenvalue weighted by molar-refractivity contribution is 0.580. The maximum Gasteiger partial charge on any atom is 0.187 e. The smallest absolute Gasteiger partial charge is 0.187 e. The standard InChI is InChI=1S/C15H16FN5/c1-2-10-14(16)15(19-9-18-10)21-12-6-4-3-5-11(12)20-13(21)7-8-17/h3-6,9H,2,7-8,17H2,1H3. The number of imidazole rings is 1. The summed E-state index contributed by atoms with van der Waals surface area (Å²) in [5, 5.41) is 0. The molecule has 3 aromatic rings. The number of rotatable bonds is 4. The second-order valence-electron chi connectivity index (χ2n) is 4.70. The Labute approximate surface area is 121 Å². The molecule has 0 bridgehead atoms. The highest BCUT2D eigenvalue weighted by Crippen LogP contribution is 2.23. The summed E-state index contributed by atoms with van der Waals surface area (Å²) in [6.45, 7) is 2.30. The Morgan fingerprint density at radius 3 is 2.81 bits per heavy atom. The zero-order valence-corrected chi connectivity index (χ0v) is 11.8. The minimum Gasteiger partial charge on any atom is -0.330 e. The fourth-order valence-corrected chi connectivity index (χ4v) is 2.41. The topological polar surface area (TPSA) is 69.6 Å². The van der Waals surface area contributed by atoms with E-state index in [2.05, 4.69) is 15.0 Å². The number of nitrogens with two attached hydrogens (primary N) is 1. The van der Waals surface area contributed by atoms with Crippen LogP contribution in [0.4, 0.5) is 4.39 Å². The summed E-state index contributed by atoms with van der Waals surface area (Å²) in [7, 11) is 0. The maximum absolute atomic E-state index is 14.6. The fourth-order valence-electron chi connectivity index (χ4n) is 2.41. The summed E-state index contributed by atoms with van der Waals surface area (Å²) in [5.74, 6) is 0.541. The average molecular weight is 285 g/mol. The quantitative estimate of drug-likeness (QED) is 0.796. The molecule has 0 aliphatic rings. The van der Waals surface area contributed by atoms with Gasteiger partial charge in [0.05, 0.1) is 16.7 Å². The predicted molar refractivity (Wildman–Crippen MR) is 78.8 cm³/mol. The van der Waals surface area contributed by atoms with Gasteiger partial charge in [-0.3, -0.25) is 4.57 Å². The number of fused-ring (bicyclic) bond motifs is 1. The molecule has 5 nitrogen and oxygen atoms in total. The lowest BCUT2D eigenvalue weighted by Crippen LogP contribution is -2.12. The van der Waals surface area contributed by atoms with Crippen molar-refractivity contribution in [3.8, 4) is 5.82 Å². The van der Waals surface area contributed by atoms with Gasteiger partial charge in [0, 0.05) is 6.42 Å². The Hall–Kier alpha value is -2.34. The molecule has 0 unspecified atom stereocenters. The number of para-hydroxylation sites is 2. The van der Waals surface area contributed by atoms with Crippen LogP contribution in [0.25, 0.3) is 16.9 Å². The molecule has 21 heavy (non-hydrogen) atoms. The van der Waals surface area contributed by atoms with Gasteiger partial charge in [-0.15, -0.1) is 0 Å². The van der Waals surface area contributed by atoms with Gasteiger partial charge < -0.3 is 5.73 Å². The molecule has 0 aliphatic heterocycles. The van der Waals surface area contributed by atoms with Gasteiger partial charge in [0.25, 0.3) is 0 Å². The predicted octanol–water partition coefficient (Wildman–Crippen LogP) is 2.02. The Balaban J connectivity index is 2.30. The van der Waals surface area contributed by atoms with Crippen molar-refractivity contribution in [1.82, 2.24) is 19.5 Å². The van der Waals surface area contributed by atoms with E-state index in [0.717, 1.165) is 11.0 Å². The summed E-state index contributed by atoms with van der Waals surface area (Å²) in [4.78, 5) is 12.6. The molecule has 0 spiro atoms. The molecule has 0 saturated carbocycles. The summed E-state index contributed by atoms with van der Waals surface area (Å²) < 4.78 is 16.3. The normalized spacial score (nSPS) is 11.2. The molecular weight excluding hydrogens is 269 g/mol. The van der Waals surface area contributed by atoms with Crippen molar-refractivity contribution in [3.63, 3.8) is 0 Å². The van der Waals surface area contributed by atoms with Gasteiger partial charge >= 0.3 is 0 Å². The van der Waals surface area contributed by atoms with Crippen LogP contribution in [0.3, 0.4) is 0 Å². The van der Waals surface area contributed by atoms with Gasteiger partial charge in [-0.25, -0.2) is 19.3 Å². The van der Waals surface area contributed by atoms with Crippen LogP contribution in [-0.2, 0) is 12.8 Å². The van der Waals surface area contributed by atoms with Gasteiger partial charge in [-0.05, 0) is 25.1 Å². The zero-order chi connectivity index (χ0) is 14.8. The lowest BCUT2D eigenvalue weighted by atomic mass is 10.3. The lowest BCUT2D eigenvalue weighted by Gasteiger charge is -2.10. The fraction of sp³-hybridized carbons (Fsp3) is 0.267. The molecular formula is C15H16FN5. The van der Waals surface area contributed by atoms with Crippen molar-refractivity contribution in [2.75, 3.05) is 6.54 Å². The average Bonchev–Trinajstić information content (AvgIpc) is 2.86. The largest absolute Gasteiger partial charge is 0.330 e. The number of aromatic nitrogens is 4. The van der Waals surface area contributed by atoms with Crippen molar-refractivity contribution in [2.45, 2.75) is 19.8 Å².